The minimum atomic E-state index is -3.43. The highest BCUT2D eigenvalue weighted by molar-refractivity contribution is 7.89. The summed E-state index contributed by atoms with van der Waals surface area (Å²) in [7, 11) is -3.43. The molecule has 2 N–H and O–H groups in total. The fraction of sp³-hybridized carbons (Fsp3) is 0.312. The van der Waals surface area contributed by atoms with Gasteiger partial charge in [-0.25, -0.2) is 8.42 Å². The van der Waals surface area contributed by atoms with Crippen molar-refractivity contribution >= 4 is 15.9 Å². The molecule has 0 radical (unpaired) electrons. The lowest BCUT2D eigenvalue weighted by Gasteiger charge is -2.15. The third-order valence-electron chi connectivity index (χ3n) is 3.93. The van der Waals surface area contributed by atoms with Gasteiger partial charge >= 0.3 is 0 Å². The Bertz CT molecular complexity index is 761. The zero-order valence-corrected chi connectivity index (χ0v) is 13.5. The van der Waals surface area contributed by atoms with Crippen molar-refractivity contribution in [3.63, 3.8) is 0 Å². The standard InChI is InChI=1S/C16H19N3O3S/c20-16(18-12-13-7-8-17-11-13)14-3-5-15(6-4-14)23(21,22)19-9-1-2-10-19/h3-8,11,17H,1-2,9-10,12H2,(H,18,20). The van der Waals surface area contributed by atoms with Gasteiger partial charge in [-0.2, -0.15) is 4.31 Å². The van der Waals surface area contributed by atoms with Gasteiger partial charge in [0, 0.05) is 37.6 Å². The minimum absolute atomic E-state index is 0.226. The van der Waals surface area contributed by atoms with E-state index in [9.17, 15) is 13.2 Å². The van der Waals surface area contributed by atoms with Gasteiger partial charge in [0.05, 0.1) is 4.90 Å². The number of hydrogen-bond donors (Lipinski definition) is 2. The van der Waals surface area contributed by atoms with Gasteiger partial charge < -0.3 is 10.3 Å². The molecule has 1 aromatic carbocycles. The number of amides is 1. The first-order chi connectivity index (χ1) is 11.1. The molecule has 0 saturated carbocycles. The monoisotopic (exact) mass is 333 g/mol. The Morgan fingerprint density at radius 2 is 1.83 bits per heavy atom. The lowest BCUT2D eigenvalue weighted by atomic mass is 10.2. The second-order valence-corrected chi connectivity index (χ2v) is 7.48. The lowest BCUT2D eigenvalue weighted by Crippen LogP contribution is -2.28. The lowest BCUT2D eigenvalue weighted by molar-refractivity contribution is 0.0951. The molecule has 2 heterocycles. The molecule has 1 fully saturated rings. The van der Waals surface area contributed by atoms with Crippen LogP contribution in [0.5, 0.6) is 0 Å². The molecule has 1 amide bonds. The predicted octanol–water partition coefficient (Wildman–Crippen LogP) is 1.73. The summed E-state index contributed by atoms with van der Waals surface area (Å²) in [5.74, 6) is -0.226. The summed E-state index contributed by atoms with van der Waals surface area (Å²) in [4.78, 5) is 15.2. The summed E-state index contributed by atoms with van der Waals surface area (Å²) in [6.45, 7) is 1.57. The van der Waals surface area contributed by atoms with E-state index in [1.165, 1.54) is 16.4 Å². The SMILES string of the molecule is O=C(NCc1cc[nH]c1)c1ccc(S(=O)(=O)N2CCCC2)cc1. The zero-order valence-electron chi connectivity index (χ0n) is 12.7. The molecule has 1 aliphatic heterocycles. The minimum Gasteiger partial charge on any atom is -0.367 e. The van der Waals surface area contributed by atoms with E-state index < -0.39 is 10.0 Å². The topological polar surface area (TPSA) is 82.3 Å². The van der Waals surface area contributed by atoms with E-state index in [2.05, 4.69) is 10.3 Å². The summed E-state index contributed by atoms with van der Waals surface area (Å²) in [5, 5.41) is 2.80. The Kier molecular flexibility index (Phi) is 4.49. The molecule has 0 spiro atoms. The highest BCUT2D eigenvalue weighted by Crippen LogP contribution is 2.21. The Morgan fingerprint density at radius 1 is 1.13 bits per heavy atom. The van der Waals surface area contributed by atoms with E-state index in [4.69, 9.17) is 0 Å². The molecule has 122 valence electrons. The summed E-state index contributed by atoms with van der Waals surface area (Å²) in [5.41, 5.74) is 1.42. The van der Waals surface area contributed by atoms with Gasteiger partial charge in [0.2, 0.25) is 10.0 Å². The molecule has 23 heavy (non-hydrogen) atoms. The summed E-state index contributed by atoms with van der Waals surface area (Å²) < 4.78 is 26.3. The zero-order chi connectivity index (χ0) is 16.3. The number of nitrogens with zero attached hydrogens (tertiary/aromatic N) is 1. The van der Waals surface area contributed by atoms with Crippen LogP contribution in [-0.4, -0.2) is 36.7 Å². The van der Waals surface area contributed by atoms with E-state index in [1.54, 1.807) is 18.3 Å². The van der Waals surface area contributed by atoms with E-state index >= 15 is 0 Å². The fourth-order valence-electron chi connectivity index (χ4n) is 2.61. The van der Waals surface area contributed by atoms with Crippen molar-refractivity contribution in [1.82, 2.24) is 14.6 Å². The molecule has 0 unspecified atom stereocenters. The summed E-state index contributed by atoms with van der Waals surface area (Å²) >= 11 is 0. The third-order valence-corrected chi connectivity index (χ3v) is 5.85. The molecule has 3 rings (SSSR count). The average molecular weight is 333 g/mol. The number of rotatable bonds is 5. The molecule has 0 bridgehead atoms. The van der Waals surface area contributed by atoms with Crippen LogP contribution in [0, 0.1) is 0 Å². The maximum atomic E-state index is 12.4. The van der Waals surface area contributed by atoms with Crippen LogP contribution in [0.4, 0.5) is 0 Å². The summed E-state index contributed by atoms with van der Waals surface area (Å²) in [6, 6.07) is 7.98. The third kappa shape index (κ3) is 3.46. The maximum absolute atomic E-state index is 12.4. The van der Waals surface area contributed by atoms with Crippen molar-refractivity contribution in [2.45, 2.75) is 24.3 Å². The normalized spacial score (nSPS) is 15.7. The molecule has 6 nitrogen and oxygen atoms in total. The van der Waals surface area contributed by atoms with Crippen molar-refractivity contribution in [1.29, 1.82) is 0 Å². The molecule has 2 aromatic rings. The van der Waals surface area contributed by atoms with Crippen LogP contribution in [0.25, 0.3) is 0 Å². The first-order valence-electron chi connectivity index (χ1n) is 7.57. The molecule has 1 saturated heterocycles. The van der Waals surface area contributed by atoms with Crippen LogP contribution in [0.2, 0.25) is 0 Å². The number of nitrogens with one attached hydrogen (secondary N) is 2. The fourth-order valence-corrected chi connectivity index (χ4v) is 4.13. The van der Waals surface area contributed by atoms with Gasteiger partial charge in [-0.1, -0.05) is 0 Å². The average Bonchev–Trinajstić information content (AvgIpc) is 3.26. The Balaban J connectivity index is 1.67. The number of carbonyl (C=O) groups is 1. The molecule has 7 heteroatoms. The van der Waals surface area contributed by atoms with E-state index in [1.807, 2.05) is 12.3 Å². The van der Waals surface area contributed by atoms with E-state index in [-0.39, 0.29) is 10.8 Å². The van der Waals surface area contributed by atoms with Gasteiger partial charge in [0.1, 0.15) is 0 Å². The van der Waals surface area contributed by atoms with Gasteiger partial charge in [-0.3, -0.25) is 4.79 Å². The number of sulfonamides is 1. The van der Waals surface area contributed by atoms with Crippen molar-refractivity contribution in [3.05, 3.63) is 53.9 Å². The molecule has 0 atom stereocenters. The van der Waals surface area contributed by atoms with Crippen LogP contribution in [0.1, 0.15) is 28.8 Å². The second-order valence-electron chi connectivity index (χ2n) is 5.54. The number of carbonyl (C=O) groups excluding carboxylic acids is 1. The van der Waals surface area contributed by atoms with Crippen molar-refractivity contribution in [2.24, 2.45) is 0 Å². The van der Waals surface area contributed by atoms with Crippen LogP contribution in [0.15, 0.2) is 47.6 Å². The Morgan fingerprint density at radius 3 is 2.43 bits per heavy atom. The number of aromatic nitrogens is 1. The van der Waals surface area contributed by atoms with Crippen molar-refractivity contribution in [3.8, 4) is 0 Å². The smallest absolute Gasteiger partial charge is 0.251 e. The van der Waals surface area contributed by atoms with Crippen molar-refractivity contribution < 1.29 is 13.2 Å². The largest absolute Gasteiger partial charge is 0.367 e. The highest BCUT2D eigenvalue weighted by atomic mass is 32.2. The van der Waals surface area contributed by atoms with Crippen LogP contribution < -0.4 is 5.32 Å². The van der Waals surface area contributed by atoms with Crippen LogP contribution in [0.3, 0.4) is 0 Å². The highest BCUT2D eigenvalue weighted by Gasteiger charge is 2.27. The Labute approximate surface area is 135 Å². The van der Waals surface area contributed by atoms with Gasteiger partial charge in [-0.15, -0.1) is 0 Å². The number of H-pyrrole nitrogens is 1. The maximum Gasteiger partial charge on any atom is 0.251 e. The first-order valence-corrected chi connectivity index (χ1v) is 9.01. The van der Waals surface area contributed by atoms with Gasteiger partial charge in [-0.05, 0) is 48.7 Å². The molecular weight excluding hydrogens is 314 g/mol. The molecule has 0 aliphatic carbocycles. The predicted molar refractivity (Wildman–Crippen MR) is 86.4 cm³/mol. The van der Waals surface area contributed by atoms with E-state index in [0.29, 0.717) is 25.2 Å². The number of hydrogen-bond acceptors (Lipinski definition) is 3. The van der Waals surface area contributed by atoms with Crippen LogP contribution >= 0.6 is 0 Å². The number of aromatic amines is 1. The number of benzene rings is 1. The Hall–Kier alpha value is -2.12. The van der Waals surface area contributed by atoms with E-state index in [0.717, 1.165) is 18.4 Å². The second kappa shape index (κ2) is 6.55. The molecular formula is C16H19N3O3S. The molecule has 1 aromatic heterocycles. The van der Waals surface area contributed by atoms with Crippen LogP contribution in [-0.2, 0) is 16.6 Å². The molecule has 1 aliphatic rings. The summed E-state index contributed by atoms with van der Waals surface area (Å²) in [6.07, 6.45) is 5.41. The quantitative estimate of drug-likeness (QED) is 0.874. The van der Waals surface area contributed by atoms with Gasteiger partial charge in [0.25, 0.3) is 5.91 Å². The van der Waals surface area contributed by atoms with Crippen molar-refractivity contribution in [2.75, 3.05) is 13.1 Å². The first kappa shape index (κ1) is 15.8. The van der Waals surface area contributed by atoms with Gasteiger partial charge in [0.15, 0.2) is 0 Å².